The summed E-state index contributed by atoms with van der Waals surface area (Å²) in [6.45, 7) is 0. The molecule has 1 aromatic heterocycles. The number of carbonyl (C=O) groups is 1. The number of pyridine rings is 1. The highest BCUT2D eigenvalue weighted by molar-refractivity contribution is 5.75. The number of methoxy groups -OCH3 is 1. The number of nitrogens with zero attached hydrogens (tertiary/aromatic N) is 1. The highest BCUT2D eigenvalue weighted by Crippen LogP contribution is 2.42. The van der Waals surface area contributed by atoms with Crippen molar-refractivity contribution in [1.29, 1.82) is 0 Å². The lowest BCUT2D eigenvalue weighted by atomic mass is 10.1. The number of ether oxygens (including phenoxy) is 1. The molecule has 15 heavy (non-hydrogen) atoms. The maximum Gasteiger partial charge on any atom is 0.308 e. The van der Waals surface area contributed by atoms with E-state index in [2.05, 4.69) is 4.98 Å². The molecule has 2 rings (SSSR count). The van der Waals surface area contributed by atoms with Crippen LogP contribution >= 0.6 is 0 Å². The van der Waals surface area contributed by atoms with Crippen molar-refractivity contribution in [3.05, 3.63) is 30.1 Å². The Bertz CT molecular complexity index is 337. The molecular weight excluding hydrogens is 190 g/mol. The van der Waals surface area contributed by atoms with Gasteiger partial charge < -0.3 is 4.74 Å². The lowest BCUT2D eigenvalue weighted by Crippen LogP contribution is -2.04. The molecule has 0 spiro atoms. The molecule has 1 heterocycles. The van der Waals surface area contributed by atoms with Crippen LogP contribution < -0.4 is 0 Å². The summed E-state index contributed by atoms with van der Waals surface area (Å²) >= 11 is 0. The molecule has 1 aliphatic carbocycles. The second-order valence-corrected chi connectivity index (χ2v) is 4.02. The van der Waals surface area contributed by atoms with Crippen LogP contribution in [-0.4, -0.2) is 18.1 Å². The van der Waals surface area contributed by atoms with Gasteiger partial charge in [-0.15, -0.1) is 0 Å². The van der Waals surface area contributed by atoms with Crippen LogP contribution in [0.2, 0.25) is 0 Å². The van der Waals surface area contributed by atoms with E-state index in [1.165, 1.54) is 12.7 Å². The number of hydrogen-bond acceptors (Lipinski definition) is 3. The van der Waals surface area contributed by atoms with Crippen molar-refractivity contribution in [2.75, 3.05) is 7.11 Å². The van der Waals surface area contributed by atoms with Gasteiger partial charge in [-0.2, -0.15) is 0 Å². The van der Waals surface area contributed by atoms with Crippen molar-refractivity contribution in [2.45, 2.75) is 19.3 Å². The van der Waals surface area contributed by atoms with E-state index in [9.17, 15) is 4.79 Å². The summed E-state index contributed by atoms with van der Waals surface area (Å²) in [4.78, 5) is 15.1. The predicted octanol–water partition coefficient (Wildman–Crippen LogP) is 1.82. The second kappa shape index (κ2) is 4.43. The number of esters is 1. The smallest absolute Gasteiger partial charge is 0.308 e. The highest BCUT2D eigenvalue weighted by atomic mass is 16.5. The third-order valence-corrected chi connectivity index (χ3v) is 2.98. The van der Waals surface area contributed by atoms with Gasteiger partial charge in [-0.1, -0.05) is 0 Å². The van der Waals surface area contributed by atoms with Gasteiger partial charge in [-0.3, -0.25) is 9.78 Å². The standard InChI is InChI=1S/C12H15NO2/c1-15-12(14)11-8-10(11)3-2-9-4-6-13-7-5-9/h4-7,10-11H,2-3,8H2,1H3. The zero-order valence-electron chi connectivity index (χ0n) is 8.85. The lowest BCUT2D eigenvalue weighted by Gasteiger charge is -2.00. The highest BCUT2D eigenvalue weighted by Gasteiger charge is 2.43. The molecule has 0 radical (unpaired) electrons. The Morgan fingerprint density at radius 2 is 2.27 bits per heavy atom. The Balaban J connectivity index is 1.75. The largest absolute Gasteiger partial charge is 0.469 e. The van der Waals surface area contributed by atoms with Gasteiger partial charge in [-0.25, -0.2) is 0 Å². The van der Waals surface area contributed by atoms with Crippen LogP contribution in [-0.2, 0) is 16.0 Å². The summed E-state index contributed by atoms with van der Waals surface area (Å²) < 4.78 is 4.71. The van der Waals surface area contributed by atoms with Gasteiger partial charge in [0.2, 0.25) is 0 Å². The van der Waals surface area contributed by atoms with Crippen molar-refractivity contribution < 1.29 is 9.53 Å². The molecule has 0 aliphatic heterocycles. The topological polar surface area (TPSA) is 39.2 Å². The Hall–Kier alpha value is -1.38. The monoisotopic (exact) mass is 205 g/mol. The van der Waals surface area contributed by atoms with Gasteiger partial charge in [0.1, 0.15) is 0 Å². The third-order valence-electron chi connectivity index (χ3n) is 2.98. The first-order valence-electron chi connectivity index (χ1n) is 5.28. The van der Waals surface area contributed by atoms with Gasteiger partial charge in [0, 0.05) is 12.4 Å². The van der Waals surface area contributed by atoms with E-state index in [-0.39, 0.29) is 11.9 Å². The fourth-order valence-corrected chi connectivity index (χ4v) is 1.91. The maximum atomic E-state index is 11.2. The average Bonchev–Trinajstić information content (AvgIpc) is 3.06. The van der Waals surface area contributed by atoms with E-state index in [4.69, 9.17) is 4.74 Å². The van der Waals surface area contributed by atoms with Crippen molar-refractivity contribution >= 4 is 5.97 Å². The Labute approximate surface area is 89.5 Å². The minimum absolute atomic E-state index is 0.0465. The van der Waals surface area contributed by atoms with E-state index >= 15 is 0 Å². The number of hydrogen-bond donors (Lipinski definition) is 0. The summed E-state index contributed by atoms with van der Waals surface area (Å²) in [6, 6.07) is 4.05. The molecule has 1 fully saturated rings. The minimum Gasteiger partial charge on any atom is -0.469 e. The quantitative estimate of drug-likeness (QED) is 0.704. The summed E-state index contributed by atoms with van der Waals surface area (Å²) in [5.41, 5.74) is 1.29. The minimum atomic E-state index is -0.0465. The van der Waals surface area contributed by atoms with Crippen LogP contribution in [0.3, 0.4) is 0 Å². The number of aryl methyl sites for hydroxylation is 1. The van der Waals surface area contributed by atoms with Gasteiger partial charge in [0.15, 0.2) is 0 Å². The van der Waals surface area contributed by atoms with Crippen LogP contribution in [0.15, 0.2) is 24.5 Å². The van der Waals surface area contributed by atoms with Gasteiger partial charge in [0.25, 0.3) is 0 Å². The fraction of sp³-hybridized carbons (Fsp3) is 0.500. The van der Waals surface area contributed by atoms with Crippen molar-refractivity contribution in [2.24, 2.45) is 11.8 Å². The number of carbonyl (C=O) groups excluding carboxylic acids is 1. The summed E-state index contributed by atoms with van der Waals surface area (Å²) in [7, 11) is 1.46. The van der Waals surface area contributed by atoms with E-state index in [1.54, 1.807) is 12.4 Å². The Kier molecular flexibility index (Phi) is 2.99. The van der Waals surface area contributed by atoms with Crippen LogP contribution in [0.4, 0.5) is 0 Å². The number of aromatic nitrogens is 1. The third kappa shape index (κ3) is 2.55. The van der Waals surface area contributed by atoms with Gasteiger partial charge in [0.05, 0.1) is 13.0 Å². The zero-order chi connectivity index (χ0) is 10.7. The molecule has 0 amide bonds. The molecule has 0 bridgehead atoms. The predicted molar refractivity (Wildman–Crippen MR) is 56.2 cm³/mol. The first kappa shape index (κ1) is 10.1. The Morgan fingerprint density at radius 1 is 1.53 bits per heavy atom. The summed E-state index contributed by atoms with van der Waals surface area (Å²) in [5, 5.41) is 0. The molecule has 1 saturated carbocycles. The average molecular weight is 205 g/mol. The molecule has 0 N–H and O–H groups in total. The second-order valence-electron chi connectivity index (χ2n) is 4.02. The summed E-state index contributed by atoms with van der Waals surface area (Å²) in [6.07, 6.45) is 6.71. The van der Waals surface area contributed by atoms with Crippen LogP contribution in [0.1, 0.15) is 18.4 Å². The van der Waals surface area contributed by atoms with Crippen molar-refractivity contribution in [3.8, 4) is 0 Å². The fourth-order valence-electron chi connectivity index (χ4n) is 1.91. The van der Waals surface area contributed by atoms with E-state index in [0.29, 0.717) is 5.92 Å². The molecule has 0 aromatic carbocycles. The van der Waals surface area contributed by atoms with E-state index in [0.717, 1.165) is 19.3 Å². The first-order chi connectivity index (χ1) is 7.31. The van der Waals surface area contributed by atoms with Crippen LogP contribution in [0.25, 0.3) is 0 Å². The molecule has 0 saturated heterocycles. The first-order valence-corrected chi connectivity index (χ1v) is 5.28. The molecule has 3 nitrogen and oxygen atoms in total. The maximum absolute atomic E-state index is 11.2. The van der Waals surface area contributed by atoms with Gasteiger partial charge >= 0.3 is 5.97 Å². The lowest BCUT2D eigenvalue weighted by molar-refractivity contribution is -0.142. The van der Waals surface area contributed by atoms with Gasteiger partial charge in [-0.05, 0) is 42.9 Å². The SMILES string of the molecule is COC(=O)C1CC1CCc1ccncc1. The van der Waals surface area contributed by atoms with Crippen LogP contribution in [0.5, 0.6) is 0 Å². The van der Waals surface area contributed by atoms with E-state index in [1.807, 2.05) is 12.1 Å². The number of rotatable bonds is 4. The Morgan fingerprint density at radius 3 is 2.93 bits per heavy atom. The van der Waals surface area contributed by atoms with Crippen molar-refractivity contribution in [1.82, 2.24) is 4.98 Å². The van der Waals surface area contributed by atoms with Crippen LogP contribution in [0, 0.1) is 11.8 Å². The molecule has 1 aliphatic rings. The molecular formula is C12H15NO2. The van der Waals surface area contributed by atoms with E-state index < -0.39 is 0 Å². The normalized spacial score (nSPS) is 23.5. The molecule has 2 atom stereocenters. The molecule has 80 valence electrons. The summed E-state index contributed by atoms with van der Waals surface area (Å²) in [5.74, 6) is 0.650. The zero-order valence-corrected chi connectivity index (χ0v) is 8.85. The van der Waals surface area contributed by atoms with Crippen molar-refractivity contribution in [3.63, 3.8) is 0 Å². The molecule has 2 unspecified atom stereocenters. The molecule has 3 heteroatoms. The molecule has 1 aromatic rings.